The van der Waals surface area contributed by atoms with E-state index in [4.69, 9.17) is 16.2 Å². The van der Waals surface area contributed by atoms with Crippen molar-refractivity contribution in [3.05, 3.63) is 59.9 Å². The number of carbonyl (C=O) groups is 1. The van der Waals surface area contributed by atoms with Crippen LogP contribution < -0.4 is 16.2 Å². The fourth-order valence-corrected chi connectivity index (χ4v) is 4.73. The van der Waals surface area contributed by atoms with Gasteiger partial charge in [-0.1, -0.05) is 30.3 Å². The number of nitrogen functional groups attached to an aromatic ring is 1. The maximum Gasteiger partial charge on any atom is 0.254 e. The van der Waals surface area contributed by atoms with Gasteiger partial charge in [-0.25, -0.2) is 14.1 Å². The summed E-state index contributed by atoms with van der Waals surface area (Å²) in [5.74, 6) is -0.920. The van der Waals surface area contributed by atoms with Gasteiger partial charge in [0.15, 0.2) is 5.82 Å². The van der Waals surface area contributed by atoms with E-state index in [0.717, 1.165) is 5.56 Å². The summed E-state index contributed by atoms with van der Waals surface area (Å²) in [5.41, 5.74) is 12.5. The molecule has 8 nitrogen and oxygen atoms in total. The fraction of sp³-hybridized carbons (Fsp3) is 0.269. The summed E-state index contributed by atoms with van der Waals surface area (Å²) in [6, 6.07) is 14.2. The lowest BCUT2D eigenvalue weighted by atomic mass is 9.77. The van der Waals surface area contributed by atoms with Crippen molar-refractivity contribution in [2.75, 3.05) is 12.3 Å². The van der Waals surface area contributed by atoms with E-state index in [1.807, 2.05) is 37.3 Å². The second-order valence-electron chi connectivity index (χ2n) is 9.10. The fourth-order valence-electron chi connectivity index (χ4n) is 4.73. The van der Waals surface area contributed by atoms with Crippen LogP contribution in [0.15, 0.2) is 48.5 Å². The van der Waals surface area contributed by atoms with Crippen LogP contribution >= 0.6 is 0 Å². The maximum absolute atomic E-state index is 16.1. The number of hydrogen-bond donors (Lipinski definition) is 3. The third-order valence-corrected chi connectivity index (χ3v) is 6.40. The molecule has 1 amide bonds. The Hall–Kier alpha value is -3.98. The number of aromatic nitrogens is 3. The number of amides is 1. The highest BCUT2D eigenvalue weighted by atomic mass is 19.1. The van der Waals surface area contributed by atoms with Gasteiger partial charge in [0.2, 0.25) is 0 Å². The lowest BCUT2D eigenvalue weighted by Crippen LogP contribution is -2.42. The molecule has 2 aromatic heterocycles. The van der Waals surface area contributed by atoms with Crippen LogP contribution in [0.1, 0.15) is 43.1 Å². The number of aliphatic hydroxyl groups is 1. The quantitative estimate of drug-likeness (QED) is 0.386. The van der Waals surface area contributed by atoms with Crippen molar-refractivity contribution in [3.8, 4) is 28.3 Å². The van der Waals surface area contributed by atoms with Crippen LogP contribution in [0, 0.1) is 5.82 Å². The predicted octanol–water partition coefficient (Wildman–Crippen LogP) is 4.07. The number of primary amides is 1. The molecule has 9 heteroatoms. The molecule has 0 unspecified atom stereocenters. The smallest absolute Gasteiger partial charge is 0.254 e. The Bertz CT molecular complexity index is 1440. The summed E-state index contributed by atoms with van der Waals surface area (Å²) in [6.45, 7) is 3.97. The minimum absolute atomic E-state index is 0.0471. The summed E-state index contributed by atoms with van der Waals surface area (Å²) < 4.78 is 23.3. The topological polar surface area (TPSA) is 129 Å². The summed E-state index contributed by atoms with van der Waals surface area (Å²) in [4.78, 5) is 16.9. The largest absolute Gasteiger partial charge is 0.493 e. The second-order valence-corrected chi connectivity index (χ2v) is 9.10. The molecule has 0 radical (unpaired) electrons. The Morgan fingerprint density at radius 2 is 1.97 bits per heavy atom. The van der Waals surface area contributed by atoms with Gasteiger partial charge in [-0.15, -0.1) is 0 Å². The van der Waals surface area contributed by atoms with Crippen molar-refractivity contribution < 1.29 is 19.0 Å². The number of fused-ring (bicyclic) bond motifs is 1. The molecule has 2 heterocycles. The normalized spacial score (nSPS) is 19.5. The number of nitrogens with two attached hydrogens (primary N) is 2. The number of carbonyl (C=O) groups excluding carboxylic acids is 1. The molecule has 1 aliphatic rings. The number of rotatable bonds is 6. The lowest BCUT2D eigenvalue weighted by Gasteiger charge is -2.41. The van der Waals surface area contributed by atoms with Gasteiger partial charge in [-0.05, 0) is 38.8 Å². The van der Waals surface area contributed by atoms with Gasteiger partial charge >= 0.3 is 0 Å². The molecule has 1 fully saturated rings. The first-order chi connectivity index (χ1) is 16.7. The van der Waals surface area contributed by atoms with E-state index in [9.17, 15) is 9.90 Å². The number of benzene rings is 2. The molecular formula is C26H26FN5O3. The SMILES string of the molecule is CCOc1cc(-c2ccccc2)nc2c(F)c(-c3nn(C4CC(C)(O)C4)c(N)c3C(N)=O)ccc12. The van der Waals surface area contributed by atoms with Crippen molar-refractivity contribution in [2.24, 2.45) is 5.73 Å². The van der Waals surface area contributed by atoms with Crippen molar-refractivity contribution in [2.45, 2.75) is 38.3 Å². The maximum atomic E-state index is 16.1. The Morgan fingerprint density at radius 3 is 2.60 bits per heavy atom. The molecule has 0 spiro atoms. The standard InChI is InChI=1S/C26H26FN5O3/c1-3-35-19-11-18(14-7-5-4-6-8-14)30-23-16(19)9-10-17(21(23)27)22-20(25(29)33)24(28)32(31-22)15-12-26(2,34)13-15/h4-11,15,34H,3,12-13,28H2,1-2H3,(H2,29,33). The van der Waals surface area contributed by atoms with Crippen LogP contribution in [0.4, 0.5) is 10.2 Å². The molecule has 5 rings (SSSR count). The molecule has 180 valence electrons. The zero-order valence-electron chi connectivity index (χ0n) is 19.5. The number of hydrogen-bond acceptors (Lipinski definition) is 6. The van der Waals surface area contributed by atoms with Gasteiger partial charge in [0.1, 0.15) is 28.3 Å². The van der Waals surface area contributed by atoms with Crippen LogP contribution in [0.5, 0.6) is 5.75 Å². The molecule has 2 aromatic carbocycles. The summed E-state index contributed by atoms with van der Waals surface area (Å²) in [7, 11) is 0. The number of ether oxygens (including phenoxy) is 1. The molecule has 0 bridgehead atoms. The highest BCUT2D eigenvalue weighted by Gasteiger charge is 2.42. The van der Waals surface area contributed by atoms with Crippen molar-refractivity contribution in [1.82, 2.24) is 14.8 Å². The average molecular weight is 476 g/mol. The lowest BCUT2D eigenvalue weighted by molar-refractivity contribution is -0.0535. The molecular weight excluding hydrogens is 449 g/mol. The molecule has 1 aliphatic carbocycles. The van der Waals surface area contributed by atoms with E-state index in [1.54, 1.807) is 19.1 Å². The monoisotopic (exact) mass is 475 g/mol. The first-order valence-corrected chi connectivity index (χ1v) is 11.4. The highest BCUT2D eigenvalue weighted by Crippen LogP contribution is 2.44. The van der Waals surface area contributed by atoms with Gasteiger partial charge in [-0.2, -0.15) is 5.10 Å². The Morgan fingerprint density at radius 1 is 1.26 bits per heavy atom. The van der Waals surface area contributed by atoms with Crippen LogP contribution in [0.3, 0.4) is 0 Å². The summed E-state index contributed by atoms with van der Waals surface area (Å²) in [6.07, 6.45) is 0.826. The predicted molar refractivity (Wildman–Crippen MR) is 131 cm³/mol. The van der Waals surface area contributed by atoms with Gasteiger partial charge in [0, 0.05) is 22.6 Å². The van der Waals surface area contributed by atoms with Crippen molar-refractivity contribution in [1.29, 1.82) is 0 Å². The van der Waals surface area contributed by atoms with E-state index < -0.39 is 17.3 Å². The number of halogens is 1. The zero-order valence-corrected chi connectivity index (χ0v) is 19.5. The average Bonchev–Trinajstić information content (AvgIpc) is 3.15. The molecule has 5 N–H and O–H groups in total. The minimum Gasteiger partial charge on any atom is -0.493 e. The molecule has 35 heavy (non-hydrogen) atoms. The minimum atomic E-state index is -0.836. The third-order valence-electron chi connectivity index (χ3n) is 6.40. The van der Waals surface area contributed by atoms with Gasteiger partial charge in [-0.3, -0.25) is 4.79 Å². The van der Waals surface area contributed by atoms with E-state index in [2.05, 4.69) is 10.1 Å². The Labute approximate surface area is 201 Å². The van der Waals surface area contributed by atoms with Crippen molar-refractivity contribution in [3.63, 3.8) is 0 Å². The van der Waals surface area contributed by atoms with Crippen LogP contribution in [0.25, 0.3) is 33.4 Å². The van der Waals surface area contributed by atoms with Gasteiger partial charge < -0.3 is 21.3 Å². The van der Waals surface area contributed by atoms with Crippen LogP contribution in [-0.2, 0) is 0 Å². The zero-order chi connectivity index (χ0) is 24.9. The molecule has 1 saturated carbocycles. The summed E-state index contributed by atoms with van der Waals surface area (Å²) >= 11 is 0. The van der Waals surface area contributed by atoms with E-state index in [0.29, 0.717) is 36.3 Å². The van der Waals surface area contributed by atoms with E-state index >= 15 is 4.39 Å². The second kappa shape index (κ2) is 8.35. The molecule has 0 saturated heterocycles. The van der Waals surface area contributed by atoms with E-state index in [1.165, 1.54) is 10.7 Å². The number of pyridine rings is 1. The number of anilines is 1. The molecule has 0 atom stereocenters. The highest BCUT2D eigenvalue weighted by molar-refractivity contribution is 6.04. The Balaban J connectivity index is 1.70. The van der Waals surface area contributed by atoms with Crippen molar-refractivity contribution >= 4 is 22.6 Å². The van der Waals surface area contributed by atoms with Crippen LogP contribution in [-0.4, -0.2) is 38.0 Å². The van der Waals surface area contributed by atoms with Gasteiger partial charge in [0.25, 0.3) is 5.91 Å². The number of nitrogens with zero attached hydrogens (tertiary/aromatic N) is 3. The molecule has 0 aliphatic heterocycles. The third kappa shape index (κ3) is 3.87. The first-order valence-electron chi connectivity index (χ1n) is 11.4. The molecule has 4 aromatic rings. The van der Waals surface area contributed by atoms with Crippen LogP contribution in [0.2, 0.25) is 0 Å². The Kier molecular flexibility index (Phi) is 5.44. The first kappa shape index (κ1) is 22.8. The van der Waals surface area contributed by atoms with Gasteiger partial charge in [0.05, 0.1) is 23.9 Å². The van der Waals surface area contributed by atoms with E-state index in [-0.39, 0.29) is 34.2 Å². The summed E-state index contributed by atoms with van der Waals surface area (Å²) in [5, 5.41) is 15.1.